The predicted octanol–water partition coefficient (Wildman–Crippen LogP) is 4.85. The van der Waals surface area contributed by atoms with Gasteiger partial charge in [-0.3, -0.25) is 9.36 Å². The van der Waals surface area contributed by atoms with Crippen LogP contribution in [0.2, 0.25) is 5.02 Å². The van der Waals surface area contributed by atoms with Gasteiger partial charge in [-0.05, 0) is 30.3 Å². The van der Waals surface area contributed by atoms with E-state index in [-0.39, 0.29) is 9.90 Å². The van der Waals surface area contributed by atoms with Crippen LogP contribution in [0.4, 0.5) is 18.9 Å². The quantitative estimate of drug-likeness (QED) is 0.710. The third-order valence-electron chi connectivity index (χ3n) is 3.51. The fourth-order valence-corrected chi connectivity index (χ4v) is 3.53. The van der Waals surface area contributed by atoms with E-state index in [1.54, 1.807) is 4.57 Å². The van der Waals surface area contributed by atoms with Crippen molar-refractivity contribution in [2.45, 2.75) is 12.7 Å². The molecule has 1 N–H and O–H groups in total. The van der Waals surface area contributed by atoms with Crippen LogP contribution < -0.4 is 10.2 Å². The highest BCUT2D eigenvalue weighted by Gasteiger charge is 2.33. The first-order valence-electron chi connectivity index (χ1n) is 7.05. The normalized spacial score (nSPS) is 11.8. The molecule has 0 spiro atoms. The van der Waals surface area contributed by atoms with Gasteiger partial charge in [-0.2, -0.15) is 13.2 Å². The van der Waals surface area contributed by atoms with Gasteiger partial charge in [0.25, 0.3) is 0 Å². The molecule has 2 aromatic carbocycles. The summed E-state index contributed by atoms with van der Waals surface area (Å²) in [6.45, 7) is 0.673. The molecule has 0 aliphatic heterocycles. The molecule has 0 unspecified atom stereocenters. The molecule has 0 aliphatic carbocycles. The Kier molecular flexibility index (Phi) is 4.56. The first-order chi connectivity index (χ1) is 11.4. The van der Waals surface area contributed by atoms with Crippen LogP contribution in [0.5, 0.6) is 0 Å². The second-order valence-corrected chi connectivity index (χ2v) is 6.51. The molecule has 0 aliphatic rings. The minimum atomic E-state index is -4.50. The Morgan fingerprint density at radius 1 is 1.17 bits per heavy atom. The molecule has 0 saturated heterocycles. The Morgan fingerprint density at radius 2 is 1.92 bits per heavy atom. The highest BCUT2D eigenvalue weighted by atomic mass is 35.5. The number of nitrogens with one attached hydrogen (secondary N) is 1. The second-order valence-electron chi connectivity index (χ2n) is 5.11. The van der Waals surface area contributed by atoms with E-state index in [1.807, 2.05) is 24.3 Å². The zero-order valence-electron chi connectivity index (χ0n) is 12.2. The van der Waals surface area contributed by atoms with E-state index in [2.05, 4.69) is 5.32 Å². The van der Waals surface area contributed by atoms with E-state index in [1.165, 1.54) is 12.1 Å². The number of rotatable bonds is 4. The number of nitrogens with zero attached hydrogens (tertiary/aromatic N) is 1. The van der Waals surface area contributed by atoms with Gasteiger partial charge < -0.3 is 5.32 Å². The van der Waals surface area contributed by atoms with Crippen molar-refractivity contribution in [1.29, 1.82) is 0 Å². The molecule has 0 fully saturated rings. The number of hydrogen-bond acceptors (Lipinski definition) is 3. The van der Waals surface area contributed by atoms with Crippen molar-refractivity contribution in [2.75, 3.05) is 11.9 Å². The number of anilines is 1. The minimum Gasteiger partial charge on any atom is -0.383 e. The van der Waals surface area contributed by atoms with Crippen molar-refractivity contribution < 1.29 is 13.2 Å². The largest absolute Gasteiger partial charge is 0.417 e. The van der Waals surface area contributed by atoms with Crippen LogP contribution in [0.15, 0.2) is 47.3 Å². The van der Waals surface area contributed by atoms with Crippen LogP contribution in [0, 0.1) is 0 Å². The second kappa shape index (κ2) is 6.49. The summed E-state index contributed by atoms with van der Waals surface area (Å²) in [5.41, 5.74) is 0.244. The lowest BCUT2D eigenvalue weighted by Crippen LogP contribution is -2.19. The molecule has 0 saturated carbocycles. The predicted molar refractivity (Wildman–Crippen MR) is 91.0 cm³/mol. The number of para-hydroxylation sites is 1. The Bertz CT molecular complexity index is 933. The first kappa shape index (κ1) is 16.9. The summed E-state index contributed by atoms with van der Waals surface area (Å²) < 4.78 is 41.0. The zero-order valence-corrected chi connectivity index (χ0v) is 13.8. The summed E-state index contributed by atoms with van der Waals surface area (Å²) in [5, 5.41) is 2.56. The maximum absolute atomic E-state index is 12.8. The molecule has 3 aromatic rings. The summed E-state index contributed by atoms with van der Waals surface area (Å²) in [5.74, 6) is 0. The number of aromatic nitrogens is 1. The van der Waals surface area contributed by atoms with Gasteiger partial charge in [0.05, 0.1) is 20.8 Å². The van der Waals surface area contributed by atoms with E-state index in [9.17, 15) is 18.0 Å². The van der Waals surface area contributed by atoms with Gasteiger partial charge in [0.15, 0.2) is 0 Å². The Labute approximate surface area is 144 Å². The summed E-state index contributed by atoms with van der Waals surface area (Å²) >= 11 is 6.74. The highest BCUT2D eigenvalue weighted by Crippen LogP contribution is 2.36. The molecule has 0 amide bonds. The van der Waals surface area contributed by atoms with Crippen molar-refractivity contribution >= 4 is 38.8 Å². The van der Waals surface area contributed by atoms with Gasteiger partial charge in [-0.15, -0.1) is 0 Å². The number of halogens is 4. The van der Waals surface area contributed by atoms with Crippen LogP contribution in [0.25, 0.3) is 10.2 Å². The molecule has 1 heterocycles. The fourth-order valence-electron chi connectivity index (χ4n) is 2.39. The first-order valence-corrected chi connectivity index (χ1v) is 8.25. The lowest BCUT2D eigenvalue weighted by molar-refractivity contribution is -0.137. The molecule has 24 heavy (non-hydrogen) atoms. The summed E-state index contributed by atoms with van der Waals surface area (Å²) in [6, 6.07) is 11.1. The monoisotopic (exact) mass is 372 g/mol. The molecule has 0 radical (unpaired) electrons. The number of hydrogen-bond donors (Lipinski definition) is 1. The van der Waals surface area contributed by atoms with E-state index >= 15 is 0 Å². The van der Waals surface area contributed by atoms with Gasteiger partial charge in [0.2, 0.25) is 0 Å². The van der Waals surface area contributed by atoms with Crippen molar-refractivity contribution in [2.24, 2.45) is 0 Å². The average molecular weight is 373 g/mol. The van der Waals surface area contributed by atoms with Crippen molar-refractivity contribution in [3.63, 3.8) is 0 Å². The van der Waals surface area contributed by atoms with Crippen LogP contribution in [-0.4, -0.2) is 11.1 Å². The Balaban J connectivity index is 1.75. The third kappa shape index (κ3) is 3.42. The molecule has 1 aromatic heterocycles. The Morgan fingerprint density at radius 3 is 2.67 bits per heavy atom. The van der Waals surface area contributed by atoms with E-state index in [0.29, 0.717) is 18.8 Å². The molecule has 126 valence electrons. The molecule has 0 bridgehead atoms. The fraction of sp³-hybridized carbons (Fsp3) is 0.188. The van der Waals surface area contributed by atoms with Gasteiger partial charge in [0, 0.05) is 18.8 Å². The molecule has 0 atom stereocenters. The van der Waals surface area contributed by atoms with Crippen LogP contribution in [0.3, 0.4) is 0 Å². The standard InChI is InChI=1S/C16H12ClF3N2OS/c17-12-6-5-10(9-11(12)16(18,19)20)21-7-8-22-13-3-1-2-4-14(13)24-15(22)23/h1-6,9,21H,7-8H2. The topological polar surface area (TPSA) is 34.0 Å². The number of alkyl halides is 3. The minimum absolute atomic E-state index is 0.0925. The van der Waals surface area contributed by atoms with E-state index in [4.69, 9.17) is 11.6 Å². The van der Waals surface area contributed by atoms with Gasteiger partial charge in [-0.1, -0.05) is 35.1 Å². The average Bonchev–Trinajstić information content (AvgIpc) is 2.84. The van der Waals surface area contributed by atoms with Crippen molar-refractivity contribution in [3.8, 4) is 0 Å². The van der Waals surface area contributed by atoms with Gasteiger partial charge in [-0.25, -0.2) is 0 Å². The summed E-state index contributed by atoms with van der Waals surface area (Å²) in [7, 11) is 0. The number of thiazole rings is 1. The summed E-state index contributed by atoms with van der Waals surface area (Å²) in [6.07, 6.45) is -4.50. The lowest BCUT2D eigenvalue weighted by atomic mass is 10.2. The third-order valence-corrected chi connectivity index (χ3v) is 4.80. The molecular formula is C16H12ClF3N2OS. The maximum Gasteiger partial charge on any atom is 0.417 e. The molecule has 3 nitrogen and oxygen atoms in total. The molecule has 3 rings (SSSR count). The summed E-state index contributed by atoms with van der Waals surface area (Å²) in [4.78, 5) is 11.9. The van der Waals surface area contributed by atoms with Gasteiger partial charge in [0.1, 0.15) is 0 Å². The van der Waals surface area contributed by atoms with Crippen molar-refractivity contribution in [3.05, 3.63) is 62.7 Å². The van der Waals surface area contributed by atoms with Crippen LogP contribution >= 0.6 is 22.9 Å². The Hall–Kier alpha value is -1.99. The van der Waals surface area contributed by atoms with Crippen LogP contribution in [0.1, 0.15) is 5.56 Å². The van der Waals surface area contributed by atoms with Crippen LogP contribution in [-0.2, 0) is 12.7 Å². The van der Waals surface area contributed by atoms with E-state index < -0.39 is 11.7 Å². The SMILES string of the molecule is O=c1sc2ccccc2n1CCNc1ccc(Cl)c(C(F)(F)F)c1. The number of fused-ring (bicyclic) bond motifs is 1. The highest BCUT2D eigenvalue weighted by molar-refractivity contribution is 7.16. The lowest BCUT2D eigenvalue weighted by Gasteiger charge is -2.12. The van der Waals surface area contributed by atoms with E-state index in [0.717, 1.165) is 27.6 Å². The smallest absolute Gasteiger partial charge is 0.383 e. The molecular weight excluding hydrogens is 361 g/mol. The molecule has 8 heteroatoms. The maximum atomic E-state index is 12.8. The van der Waals surface area contributed by atoms with Gasteiger partial charge >= 0.3 is 11.0 Å². The number of benzene rings is 2. The zero-order chi connectivity index (χ0) is 17.3. The van der Waals surface area contributed by atoms with Crippen molar-refractivity contribution in [1.82, 2.24) is 4.57 Å².